The first-order chi connectivity index (χ1) is 8.69. The van der Waals surface area contributed by atoms with Gasteiger partial charge in [0.05, 0.1) is 11.4 Å². The van der Waals surface area contributed by atoms with Gasteiger partial charge in [-0.25, -0.2) is 0 Å². The number of hydrogen-bond acceptors (Lipinski definition) is 3. The Kier molecular flexibility index (Phi) is 6.05. The molecule has 0 saturated heterocycles. The molecule has 0 atom stereocenters. The summed E-state index contributed by atoms with van der Waals surface area (Å²) in [6.07, 6.45) is 1.53. The van der Waals surface area contributed by atoms with E-state index >= 15 is 0 Å². The van der Waals surface area contributed by atoms with E-state index in [-0.39, 0.29) is 5.91 Å². The second-order valence-corrected chi connectivity index (χ2v) is 4.25. The summed E-state index contributed by atoms with van der Waals surface area (Å²) in [6.45, 7) is 6.34. The fourth-order valence-electron chi connectivity index (χ4n) is 1.92. The molecule has 0 aliphatic rings. The molecule has 0 spiro atoms. The smallest absolute Gasteiger partial charge is 0.221 e. The fourth-order valence-corrected chi connectivity index (χ4v) is 1.92. The van der Waals surface area contributed by atoms with E-state index in [9.17, 15) is 4.79 Å². The first-order valence-electron chi connectivity index (χ1n) is 6.55. The van der Waals surface area contributed by atoms with Gasteiger partial charge < -0.3 is 16.0 Å². The van der Waals surface area contributed by atoms with Crippen molar-refractivity contribution in [2.75, 3.05) is 30.3 Å². The van der Waals surface area contributed by atoms with Crippen LogP contribution in [0.25, 0.3) is 0 Å². The Morgan fingerprint density at radius 2 is 2.00 bits per heavy atom. The zero-order valence-corrected chi connectivity index (χ0v) is 11.3. The van der Waals surface area contributed by atoms with Crippen LogP contribution in [0.3, 0.4) is 0 Å². The lowest BCUT2D eigenvalue weighted by Crippen LogP contribution is -2.31. The fraction of sp³-hybridized carbons (Fsp3) is 0.500. The zero-order chi connectivity index (χ0) is 13.4. The summed E-state index contributed by atoms with van der Waals surface area (Å²) in [5.41, 5.74) is 7.76. The van der Waals surface area contributed by atoms with Gasteiger partial charge in [0.25, 0.3) is 0 Å². The SMILES string of the molecule is CCCN(CCC(=O)NCC)c1ccccc1N. The number of hydrogen-bond donors (Lipinski definition) is 2. The van der Waals surface area contributed by atoms with Crippen molar-refractivity contribution in [3.63, 3.8) is 0 Å². The van der Waals surface area contributed by atoms with Crippen molar-refractivity contribution in [1.82, 2.24) is 5.32 Å². The minimum absolute atomic E-state index is 0.0908. The number of nitrogen functional groups attached to an aromatic ring is 1. The molecule has 1 amide bonds. The van der Waals surface area contributed by atoms with Gasteiger partial charge in [0.1, 0.15) is 0 Å². The van der Waals surface area contributed by atoms with Gasteiger partial charge in [0, 0.05) is 26.1 Å². The van der Waals surface area contributed by atoms with Crippen molar-refractivity contribution in [3.8, 4) is 0 Å². The van der Waals surface area contributed by atoms with Crippen molar-refractivity contribution in [2.45, 2.75) is 26.7 Å². The van der Waals surface area contributed by atoms with E-state index in [2.05, 4.69) is 17.1 Å². The zero-order valence-electron chi connectivity index (χ0n) is 11.3. The largest absolute Gasteiger partial charge is 0.397 e. The minimum atomic E-state index is 0.0908. The number of rotatable bonds is 7. The molecule has 0 aliphatic carbocycles. The van der Waals surface area contributed by atoms with Gasteiger partial charge >= 0.3 is 0 Å². The minimum Gasteiger partial charge on any atom is -0.397 e. The molecule has 100 valence electrons. The van der Waals surface area contributed by atoms with Crippen molar-refractivity contribution >= 4 is 17.3 Å². The van der Waals surface area contributed by atoms with Gasteiger partial charge in [-0.1, -0.05) is 19.1 Å². The molecule has 0 bridgehead atoms. The molecule has 0 unspecified atom stereocenters. The highest BCUT2D eigenvalue weighted by Gasteiger charge is 2.10. The predicted octanol–water partition coefficient (Wildman–Crippen LogP) is 2.01. The van der Waals surface area contributed by atoms with Crippen molar-refractivity contribution in [3.05, 3.63) is 24.3 Å². The molecule has 0 aromatic heterocycles. The van der Waals surface area contributed by atoms with Gasteiger partial charge in [-0.2, -0.15) is 0 Å². The molecule has 0 fully saturated rings. The van der Waals surface area contributed by atoms with Crippen molar-refractivity contribution < 1.29 is 4.79 Å². The summed E-state index contributed by atoms with van der Waals surface area (Å²) in [7, 11) is 0. The summed E-state index contributed by atoms with van der Waals surface area (Å²) < 4.78 is 0. The number of nitrogens with zero attached hydrogens (tertiary/aromatic N) is 1. The number of carbonyl (C=O) groups excluding carboxylic acids is 1. The summed E-state index contributed by atoms with van der Waals surface area (Å²) in [4.78, 5) is 13.7. The summed E-state index contributed by atoms with van der Waals surface area (Å²) in [5, 5.41) is 2.81. The number of nitrogens with one attached hydrogen (secondary N) is 1. The highest BCUT2D eigenvalue weighted by molar-refractivity contribution is 5.77. The molecule has 1 aromatic carbocycles. The van der Waals surface area contributed by atoms with Gasteiger partial charge in [-0.05, 0) is 25.5 Å². The molecule has 4 nitrogen and oxygen atoms in total. The third kappa shape index (κ3) is 4.28. The molecule has 0 radical (unpaired) electrons. The number of para-hydroxylation sites is 2. The van der Waals surface area contributed by atoms with E-state index in [0.29, 0.717) is 19.5 Å². The number of nitrogens with two attached hydrogens (primary N) is 1. The van der Waals surface area contributed by atoms with Crippen LogP contribution in [-0.4, -0.2) is 25.5 Å². The van der Waals surface area contributed by atoms with Gasteiger partial charge in [-0.3, -0.25) is 4.79 Å². The first kappa shape index (κ1) is 14.4. The lowest BCUT2D eigenvalue weighted by molar-refractivity contribution is -0.120. The van der Waals surface area contributed by atoms with Crippen LogP contribution in [0.5, 0.6) is 0 Å². The average molecular weight is 249 g/mol. The van der Waals surface area contributed by atoms with Crippen molar-refractivity contribution in [2.24, 2.45) is 0 Å². The van der Waals surface area contributed by atoms with Crippen LogP contribution in [-0.2, 0) is 4.79 Å². The molecular weight excluding hydrogens is 226 g/mol. The third-order valence-corrected chi connectivity index (χ3v) is 2.75. The topological polar surface area (TPSA) is 58.4 Å². The average Bonchev–Trinajstić information content (AvgIpc) is 2.36. The normalized spacial score (nSPS) is 10.1. The molecule has 0 aliphatic heterocycles. The van der Waals surface area contributed by atoms with E-state index in [1.807, 2.05) is 31.2 Å². The summed E-state index contributed by atoms with van der Waals surface area (Å²) in [6, 6.07) is 7.79. The van der Waals surface area contributed by atoms with Gasteiger partial charge in [0.2, 0.25) is 5.91 Å². The molecule has 0 heterocycles. The van der Waals surface area contributed by atoms with E-state index < -0.39 is 0 Å². The van der Waals surface area contributed by atoms with E-state index in [1.165, 1.54) is 0 Å². The Morgan fingerprint density at radius 3 is 2.61 bits per heavy atom. The second kappa shape index (κ2) is 7.58. The Labute approximate surface area is 109 Å². The maximum atomic E-state index is 11.5. The molecule has 4 heteroatoms. The standard InChI is InChI=1S/C14H23N3O/c1-3-10-17(11-9-14(18)16-4-2)13-8-6-5-7-12(13)15/h5-8H,3-4,9-11,15H2,1-2H3,(H,16,18). The molecule has 18 heavy (non-hydrogen) atoms. The van der Waals surface area contributed by atoms with Crippen LogP contribution >= 0.6 is 0 Å². The maximum Gasteiger partial charge on any atom is 0.221 e. The Morgan fingerprint density at radius 1 is 1.28 bits per heavy atom. The maximum absolute atomic E-state index is 11.5. The van der Waals surface area contributed by atoms with E-state index in [0.717, 1.165) is 24.3 Å². The predicted molar refractivity (Wildman–Crippen MR) is 76.7 cm³/mol. The molecule has 3 N–H and O–H groups in total. The van der Waals surface area contributed by atoms with Crippen LogP contribution < -0.4 is 16.0 Å². The van der Waals surface area contributed by atoms with Crippen LogP contribution in [0.2, 0.25) is 0 Å². The number of carbonyl (C=O) groups is 1. The second-order valence-electron chi connectivity index (χ2n) is 4.25. The highest BCUT2D eigenvalue weighted by atomic mass is 16.1. The molecular formula is C14H23N3O. The van der Waals surface area contributed by atoms with Crippen LogP contribution in [0.15, 0.2) is 24.3 Å². The monoisotopic (exact) mass is 249 g/mol. The Hall–Kier alpha value is -1.71. The van der Waals surface area contributed by atoms with Crippen LogP contribution in [0.1, 0.15) is 26.7 Å². The quantitative estimate of drug-likeness (QED) is 0.727. The molecule has 0 saturated carbocycles. The van der Waals surface area contributed by atoms with Gasteiger partial charge in [-0.15, -0.1) is 0 Å². The lowest BCUT2D eigenvalue weighted by Gasteiger charge is -2.25. The van der Waals surface area contributed by atoms with Crippen molar-refractivity contribution in [1.29, 1.82) is 0 Å². The summed E-state index contributed by atoms with van der Waals surface area (Å²) in [5.74, 6) is 0.0908. The Bertz CT molecular complexity index is 379. The molecule has 1 aromatic rings. The lowest BCUT2D eigenvalue weighted by atomic mass is 10.2. The first-order valence-corrected chi connectivity index (χ1v) is 6.55. The Balaban J connectivity index is 2.65. The number of amides is 1. The van der Waals surface area contributed by atoms with Crippen LogP contribution in [0.4, 0.5) is 11.4 Å². The third-order valence-electron chi connectivity index (χ3n) is 2.75. The van der Waals surface area contributed by atoms with Gasteiger partial charge in [0.15, 0.2) is 0 Å². The highest BCUT2D eigenvalue weighted by Crippen LogP contribution is 2.22. The molecule has 1 rings (SSSR count). The van der Waals surface area contributed by atoms with E-state index in [4.69, 9.17) is 5.73 Å². The summed E-state index contributed by atoms with van der Waals surface area (Å²) >= 11 is 0. The van der Waals surface area contributed by atoms with E-state index in [1.54, 1.807) is 0 Å². The number of anilines is 2. The van der Waals surface area contributed by atoms with Crippen LogP contribution in [0, 0.1) is 0 Å². The number of benzene rings is 1.